The zero-order valence-electron chi connectivity index (χ0n) is 9.06. The number of hydrogen-bond acceptors (Lipinski definition) is 4. The number of methoxy groups -OCH3 is 1. The van der Waals surface area contributed by atoms with Gasteiger partial charge in [0.15, 0.2) is 0 Å². The van der Waals surface area contributed by atoms with E-state index in [1.165, 1.54) is 0 Å². The fourth-order valence-electron chi connectivity index (χ4n) is 1.46. The summed E-state index contributed by atoms with van der Waals surface area (Å²) in [6.07, 6.45) is 1.72. The lowest BCUT2D eigenvalue weighted by atomic mass is 10.1. The summed E-state index contributed by atoms with van der Waals surface area (Å²) >= 11 is 0. The number of para-hydroxylation sites is 1. The average molecular weight is 217 g/mol. The molecule has 2 rings (SSSR count). The second-order valence-electron chi connectivity index (χ2n) is 3.36. The lowest BCUT2D eigenvalue weighted by Crippen LogP contribution is -2.02. The highest BCUT2D eigenvalue weighted by molar-refractivity contribution is 6.24. The van der Waals surface area contributed by atoms with Gasteiger partial charge in [0.25, 0.3) is 0 Å². The molecule has 1 aliphatic heterocycles. The maximum Gasteiger partial charge on any atom is 0.367 e. The van der Waals surface area contributed by atoms with E-state index in [1.54, 1.807) is 20.1 Å². The molecule has 0 aliphatic carbocycles. The van der Waals surface area contributed by atoms with Crippen molar-refractivity contribution in [2.24, 2.45) is 5.16 Å². The van der Waals surface area contributed by atoms with E-state index in [0.717, 1.165) is 5.56 Å². The quantitative estimate of drug-likeness (QED) is 0.562. The number of hydrogen-bond donors (Lipinski definition) is 0. The summed E-state index contributed by atoms with van der Waals surface area (Å²) in [6.45, 7) is 1.73. The van der Waals surface area contributed by atoms with Gasteiger partial charge in [-0.25, -0.2) is 4.79 Å². The molecule has 82 valence electrons. The Kier molecular flexibility index (Phi) is 2.72. The van der Waals surface area contributed by atoms with Crippen molar-refractivity contribution in [1.29, 1.82) is 0 Å². The third-order valence-corrected chi connectivity index (χ3v) is 2.31. The van der Waals surface area contributed by atoms with Gasteiger partial charge in [0.2, 0.25) is 0 Å². The van der Waals surface area contributed by atoms with Gasteiger partial charge in [-0.1, -0.05) is 23.4 Å². The molecule has 4 nitrogen and oxygen atoms in total. The summed E-state index contributed by atoms with van der Waals surface area (Å²) in [6, 6.07) is 7.44. The second kappa shape index (κ2) is 4.18. The van der Waals surface area contributed by atoms with Crippen molar-refractivity contribution < 1.29 is 14.4 Å². The Morgan fingerprint density at radius 3 is 2.75 bits per heavy atom. The van der Waals surface area contributed by atoms with Crippen molar-refractivity contribution in [3.05, 3.63) is 35.4 Å². The van der Waals surface area contributed by atoms with Crippen molar-refractivity contribution in [3.8, 4) is 5.75 Å². The van der Waals surface area contributed by atoms with E-state index in [0.29, 0.717) is 17.0 Å². The number of carbonyl (C=O) groups excluding carboxylic acids is 1. The monoisotopic (exact) mass is 217 g/mol. The standard InChI is InChI=1S/C12H11NO3/c1-8-10(12(14)16-13-8)7-9-5-3-4-6-11(9)15-2/h3-7H,1-2H3/b10-7+. The van der Waals surface area contributed by atoms with Gasteiger partial charge in [-0.2, -0.15) is 0 Å². The maximum atomic E-state index is 11.3. The lowest BCUT2D eigenvalue weighted by molar-refractivity contribution is -0.136. The fourth-order valence-corrected chi connectivity index (χ4v) is 1.46. The third kappa shape index (κ3) is 1.82. The molecule has 0 radical (unpaired) electrons. The van der Waals surface area contributed by atoms with E-state index in [2.05, 4.69) is 9.99 Å². The first-order valence-corrected chi connectivity index (χ1v) is 4.83. The number of carbonyl (C=O) groups is 1. The Morgan fingerprint density at radius 1 is 1.38 bits per heavy atom. The van der Waals surface area contributed by atoms with Crippen LogP contribution in [0.4, 0.5) is 0 Å². The van der Waals surface area contributed by atoms with E-state index < -0.39 is 5.97 Å². The van der Waals surface area contributed by atoms with Crippen LogP contribution in [0.15, 0.2) is 35.0 Å². The van der Waals surface area contributed by atoms with Crippen LogP contribution in [0.5, 0.6) is 5.75 Å². The summed E-state index contributed by atoms with van der Waals surface area (Å²) < 4.78 is 5.19. The predicted octanol–water partition coefficient (Wildman–Crippen LogP) is 2.01. The Labute approximate surface area is 93.2 Å². The SMILES string of the molecule is COc1ccccc1/C=C1/C(=O)ON=C1C. The Morgan fingerprint density at radius 2 is 2.12 bits per heavy atom. The van der Waals surface area contributed by atoms with Crippen LogP contribution in [-0.4, -0.2) is 18.8 Å². The van der Waals surface area contributed by atoms with Crippen molar-refractivity contribution in [3.63, 3.8) is 0 Å². The molecule has 0 aromatic heterocycles. The van der Waals surface area contributed by atoms with Crippen LogP contribution in [0, 0.1) is 0 Å². The predicted molar refractivity (Wildman–Crippen MR) is 60.2 cm³/mol. The van der Waals surface area contributed by atoms with Gasteiger partial charge in [-0.15, -0.1) is 0 Å². The largest absolute Gasteiger partial charge is 0.496 e. The normalized spacial score (nSPS) is 17.2. The zero-order chi connectivity index (χ0) is 11.5. The van der Waals surface area contributed by atoms with Crippen LogP contribution in [0.3, 0.4) is 0 Å². The van der Waals surface area contributed by atoms with Crippen molar-refractivity contribution >= 4 is 17.8 Å². The minimum Gasteiger partial charge on any atom is -0.496 e. The van der Waals surface area contributed by atoms with E-state index >= 15 is 0 Å². The fraction of sp³-hybridized carbons (Fsp3) is 0.167. The van der Waals surface area contributed by atoms with Crippen molar-refractivity contribution in [2.75, 3.05) is 7.11 Å². The first-order chi connectivity index (χ1) is 7.72. The van der Waals surface area contributed by atoms with Crippen LogP contribution >= 0.6 is 0 Å². The number of nitrogens with zero attached hydrogens (tertiary/aromatic N) is 1. The smallest absolute Gasteiger partial charge is 0.367 e. The van der Waals surface area contributed by atoms with Gasteiger partial charge in [-0.3, -0.25) is 0 Å². The molecule has 0 unspecified atom stereocenters. The summed E-state index contributed by atoms with van der Waals surface area (Å²) in [5.41, 5.74) is 1.87. The Bertz CT molecular complexity index is 489. The van der Waals surface area contributed by atoms with Gasteiger partial charge in [0.1, 0.15) is 5.75 Å². The van der Waals surface area contributed by atoms with Gasteiger partial charge in [0.05, 0.1) is 18.4 Å². The van der Waals surface area contributed by atoms with Gasteiger partial charge >= 0.3 is 5.97 Å². The summed E-state index contributed by atoms with van der Waals surface area (Å²) in [4.78, 5) is 15.9. The highest BCUT2D eigenvalue weighted by Crippen LogP contribution is 2.22. The van der Waals surface area contributed by atoms with E-state index in [9.17, 15) is 4.79 Å². The molecule has 0 spiro atoms. The molecule has 16 heavy (non-hydrogen) atoms. The topological polar surface area (TPSA) is 47.9 Å². The number of benzene rings is 1. The van der Waals surface area contributed by atoms with E-state index in [1.807, 2.05) is 24.3 Å². The van der Waals surface area contributed by atoms with Crippen LogP contribution in [0.2, 0.25) is 0 Å². The molecule has 1 aromatic carbocycles. The minimum atomic E-state index is -0.427. The third-order valence-electron chi connectivity index (χ3n) is 2.31. The van der Waals surface area contributed by atoms with Crippen LogP contribution < -0.4 is 4.74 Å². The molecule has 0 fully saturated rings. The highest BCUT2D eigenvalue weighted by Gasteiger charge is 2.22. The van der Waals surface area contributed by atoms with Gasteiger partial charge in [-0.05, 0) is 19.1 Å². The molecule has 1 aliphatic rings. The Balaban J connectivity index is 2.43. The molecular weight excluding hydrogens is 206 g/mol. The molecule has 0 bridgehead atoms. The molecule has 4 heteroatoms. The van der Waals surface area contributed by atoms with E-state index in [4.69, 9.17) is 4.74 Å². The van der Waals surface area contributed by atoms with Gasteiger partial charge < -0.3 is 9.57 Å². The molecule has 0 saturated heterocycles. The zero-order valence-corrected chi connectivity index (χ0v) is 9.06. The first kappa shape index (κ1) is 10.4. The molecular formula is C12H11NO3. The highest BCUT2D eigenvalue weighted by atomic mass is 16.7. The first-order valence-electron chi connectivity index (χ1n) is 4.83. The number of ether oxygens (including phenoxy) is 1. The summed E-state index contributed by atoms with van der Waals surface area (Å²) in [5, 5.41) is 3.61. The van der Waals surface area contributed by atoms with Gasteiger partial charge in [0, 0.05) is 5.56 Å². The lowest BCUT2D eigenvalue weighted by Gasteiger charge is -2.03. The number of rotatable bonds is 2. The molecule has 1 aromatic rings. The molecule has 1 heterocycles. The molecule has 0 saturated carbocycles. The van der Waals surface area contributed by atoms with E-state index in [-0.39, 0.29) is 0 Å². The van der Waals surface area contributed by atoms with Crippen LogP contribution in [0.25, 0.3) is 6.08 Å². The molecule has 0 atom stereocenters. The Hall–Kier alpha value is -2.10. The second-order valence-corrected chi connectivity index (χ2v) is 3.36. The maximum absolute atomic E-state index is 11.3. The minimum absolute atomic E-state index is 0.427. The summed E-state index contributed by atoms with van der Waals surface area (Å²) in [7, 11) is 1.59. The average Bonchev–Trinajstić information content (AvgIpc) is 2.61. The van der Waals surface area contributed by atoms with Crippen molar-refractivity contribution in [1.82, 2.24) is 0 Å². The molecule has 0 N–H and O–H groups in total. The molecule has 0 amide bonds. The van der Waals surface area contributed by atoms with Crippen LogP contribution in [-0.2, 0) is 9.63 Å². The number of oxime groups is 1. The van der Waals surface area contributed by atoms with Crippen molar-refractivity contribution in [2.45, 2.75) is 6.92 Å². The van der Waals surface area contributed by atoms with Crippen LogP contribution in [0.1, 0.15) is 12.5 Å². The summed E-state index contributed by atoms with van der Waals surface area (Å²) in [5.74, 6) is 0.283.